The minimum absolute atomic E-state index is 0.00900. The molecule has 6 rings (SSSR count). The summed E-state index contributed by atoms with van der Waals surface area (Å²) in [5.74, 6) is -1.87. The third-order valence-corrected chi connectivity index (χ3v) is 7.85. The third-order valence-electron chi connectivity index (χ3n) is 7.20. The molecule has 1 aliphatic rings. The zero-order valence-corrected chi connectivity index (χ0v) is 25.2. The summed E-state index contributed by atoms with van der Waals surface area (Å²) < 4.78 is 67.1. The predicted octanol–water partition coefficient (Wildman–Crippen LogP) is 7.76. The Balaban J connectivity index is 0.000000342. The Bertz CT molecular complexity index is 1780. The first kappa shape index (κ1) is 31.8. The number of ether oxygens (including phenoxy) is 3. The zero-order valence-electron chi connectivity index (χ0n) is 24.4. The van der Waals surface area contributed by atoms with Gasteiger partial charge in [0.25, 0.3) is 0 Å². The van der Waals surface area contributed by atoms with Crippen LogP contribution in [0, 0.1) is 18.6 Å². The van der Waals surface area contributed by atoms with Crippen LogP contribution < -0.4 is 14.8 Å². The van der Waals surface area contributed by atoms with Gasteiger partial charge < -0.3 is 23.7 Å². The van der Waals surface area contributed by atoms with Gasteiger partial charge in [-0.05, 0) is 73.7 Å². The average Bonchev–Trinajstić information content (AvgIpc) is 3.45. The van der Waals surface area contributed by atoms with Crippen LogP contribution in [0.2, 0.25) is 0 Å². The van der Waals surface area contributed by atoms with Gasteiger partial charge in [0.2, 0.25) is 0 Å². The number of nitrogens with one attached hydrogen (secondary N) is 2. The number of para-hydroxylation sites is 1. The van der Waals surface area contributed by atoms with Crippen molar-refractivity contribution in [1.29, 1.82) is 0 Å². The second kappa shape index (κ2) is 14.4. The number of aromatic amines is 1. The Kier molecular flexibility index (Phi) is 10.2. The van der Waals surface area contributed by atoms with E-state index in [4.69, 9.17) is 14.2 Å². The van der Waals surface area contributed by atoms with Gasteiger partial charge in [-0.3, -0.25) is 9.53 Å². The molecule has 0 spiro atoms. The first-order valence-electron chi connectivity index (χ1n) is 14.1. The molecular weight excluding hydrogens is 604 g/mol. The lowest BCUT2D eigenvalue weighted by atomic mass is 9.88. The zero-order chi connectivity index (χ0) is 31.9. The van der Waals surface area contributed by atoms with Crippen molar-refractivity contribution in [3.63, 3.8) is 0 Å². The van der Waals surface area contributed by atoms with Crippen LogP contribution in [0.25, 0.3) is 11.0 Å². The van der Waals surface area contributed by atoms with E-state index in [9.17, 15) is 22.3 Å². The molecule has 1 fully saturated rings. The van der Waals surface area contributed by atoms with Crippen molar-refractivity contribution >= 4 is 33.9 Å². The van der Waals surface area contributed by atoms with Crippen molar-refractivity contribution in [3.8, 4) is 17.2 Å². The number of aryl methyl sites for hydroxylation is 1. The van der Waals surface area contributed by atoms with Crippen molar-refractivity contribution in [2.75, 3.05) is 11.9 Å². The van der Waals surface area contributed by atoms with E-state index in [-0.39, 0.29) is 23.5 Å². The van der Waals surface area contributed by atoms with Crippen LogP contribution in [0.3, 0.4) is 0 Å². The molecular formula is C33H30F2N3O6S-. The van der Waals surface area contributed by atoms with Crippen molar-refractivity contribution < 1.29 is 36.5 Å². The Morgan fingerprint density at radius 1 is 1.09 bits per heavy atom. The van der Waals surface area contributed by atoms with Gasteiger partial charge in [0.15, 0.2) is 17.4 Å². The van der Waals surface area contributed by atoms with E-state index in [0.29, 0.717) is 28.3 Å². The van der Waals surface area contributed by atoms with E-state index < -0.39 is 34.6 Å². The second-order valence-electron chi connectivity index (χ2n) is 10.3. The van der Waals surface area contributed by atoms with Gasteiger partial charge >= 0.3 is 6.09 Å². The van der Waals surface area contributed by atoms with E-state index in [2.05, 4.69) is 15.3 Å². The van der Waals surface area contributed by atoms with Crippen molar-refractivity contribution in [3.05, 3.63) is 108 Å². The lowest BCUT2D eigenvalue weighted by molar-refractivity contribution is 0.0119. The highest BCUT2D eigenvalue weighted by Crippen LogP contribution is 2.40. The largest absolute Gasteiger partial charge is 0.768 e. The smallest absolute Gasteiger partial charge is 0.417 e. The molecule has 1 aliphatic heterocycles. The van der Waals surface area contributed by atoms with E-state index in [1.807, 2.05) is 20.0 Å². The molecule has 234 valence electrons. The fraction of sp³-hybridized carbons (Fsp3) is 0.212. The molecule has 0 aliphatic carbocycles. The molecule has 5 aromatic rings. The number of pyridine rings is 1. The topological polar surface area (TPSA) is 126 Å². The van der Waals surface area contributed by atoms with E-state index in [1.165, 1.54) is 6.20 Å². The second-order valence-corrected chi connectivity index (χ2v) is 11.3. The lowest BCUT2D eigenvalue weighted by Gasteiger charge is -2.29. The van der Waals surface area contributed by atoms with Gasteiger partial charge in [0, 0.05) is 41.9 Å². The maximum atomic E-state index is 14.9. The molecule has 3 aromatic carbocycles. The highest BCUT2D eigenvalue weighted by atomic mass is 32.2. The van der Waals surface area contributed by atoms with Crippen molar-refractivity contribution in [2.24, 2.45) is 0 Å². The summed E-state index contributed by atoms with van der Waals surface area (Å²) >= 11 is -2.09. The molecule has 3 heterocycles. The SMILES string of the molecule is CC1OCCCC1c1c[nH]c2nccc(Oc3c(F)cc(NC(=O)Oc4ccccc4)cc3F)c12.Cc1ccc(S(=O)[O-])cc1. The number of halogens is 2. The summed E-state index contributed by atoms with van der Waals surface area (Å²) in [6.07, 6.45) is 4.31. The van der Waals surface area contributed by atoms with Crippen LogP contribution in [0.1, 0.15) is 36.8 Å². The minimum Gasteiger partial charge on any atom is -0.768 e. The molecule has 45 heavy (non-hydrogen) atoms. The van der Waals surface area contributed by atoms with Gasteiger partial charge in [-0.15, -0.1) is 0 Å². The first-order valence-corrected chi connectivity index (χ1v) is 15.2. The number of fused-ring (bicyclic) bond motifs is 1. The predicted molar refractivity (Wildman–Crippen MR) is 164 cm³/mol. The standard InChI is InChI=1S/C26H23F2N3O4.C7H8O2S/c1-15-18(8-5-11-33-15)19-14-30-25-23(19)22(9-10-29-25)35-24-20(27)12-16(13-21(24)28)31-26(32)34-17-6-3-2-4-7-17;1-6-2-4-7(5-3-6)10(8)9/h2-4,6-7,9-10,12-15,18H,5,8,11H2,1H3,(H,29,30)(H,31,32);2-5H,1H3,(H,8,9)/p-1. The van der Waals surface area contributed by atoms with E-state index in [0.717, 1.165) is 36.1 Å². The summed E-state index contributed by atoms with van der Waals surface area (Å²) in [6.45, 7) is 4.63. The number of hydrogen-bond acceptors (Lipinski definition) is 7. The van der Waals surface area contributed by atoms with Gasteiger partial charge in [0.1, 0.15) is 17.1 Å². The molecule has 0 bridgehead atoms. The van der Waals surface area contributed by atoms with Crippen molar-refractivity contribution in [2.45, 2.75) is 43.6 Å². The number of carbonyl (C=O) groups excluding carboxylic acids is 1. The molecule has 9 nitrogen and oxygen atoms in total. The molecule has 3 atom stereocenters. The third kappa shape index (κ3) is 7.90. The number of amides is 1. The molecule has 12 heteroatoms. The molecule has 0 saturated carbocycles. The summed E-state index contributed by atoms with van der Waals surface area (Å²) in [6, 6.07) is 18.5. The Morgan fingerprint density at radius 3 is 2.47 bits per heavy atom. The van der Waals surface area contributed by atoms with Gasteiger partial charge in [-0.1, -0.05) is 35.9 Å². The van der Waals surface area contributed by atoms with Crippen LogP contribution in [-0.2, 0) is 15.8 Å². The van der Waals surface area contributed by atoms with Gasteiger partial charge in [-0.25, -0.2) is 18.6 Å². The number of hydrogen-bond donors (Lipinski definition) is 2. The summed E-state index contributed by atoms with van der Waals surface area (Å²) in [7, 11) is 0. The normalized spacial score (nSPS) is 16.7. The number of nitrogens with zero attached hydrogens (tertiary/aromatic N) is 1. The minimum atomic E-state index is -2.09. The van der Waals surface area contributed by atoms with Crippen LogP contribution in [-0.4, -0.2) is 37.5 Å². The van der Waals surface area contributed by atoms with Crippen LogP contribution in [0.5, 0.6) is 17.2 Å². The molecule has 2 aromatic heterocycles. The molecule has 0 radical (unpaired) electrons. The lowest BCUT2D eigenvalue weighted by Crippen LogP contribution is -2.24. The first-order chi connectivity index (χ1) is 21.7. The van der Waals surface area contributed by atoms with E-state index >= 15 is 0 Å². The number of H-pyrrole nitrogens is 1. The number of rotatable bonds is 6. The quantitative estimate of drug-likeness (QED) is 0.183. The Hall–Kier alpha value is -4.65. The molecule has 3 unspecified atom stereocenters. The molecule has 2 N–H and O–H groups in total. The van der Waals surface area contributed by atoms with Gasteiger partial charge in [0.05, 0.1) is 17.2 Å². The highest BCUT2D eigenvalue weighted by molar-refractivity contribution is 7.79. The van der Waals surface area contributed by atoms with Crippen LogP contribution in [0.4, 0.5) is 19.3 Å². The summed E-state index contributed by atoms with van der Waals surface area (Å²) in [5.41, 5.74) is 2.44. The fourth-order valence-corrected chi connectivity index (χ4v) is 5.35. The number of carbonyl (C=O) groups is 1. The average molecular weight is 635 g/mol. The van der Waals surface area contributed by atoms with Gasteiger partial charge in [-0.2, -0.15) is 0 Å². The number of benzene rings is 3. The van der Waals surface area contributed by atoms with Crippen molar-refractivity contribution in [1.82, 2.24) is 9.97 Å². The monoisotopic (exact) mass is 634 g/mol. The maximum Gasteiger partial charge on any atom is 0.417 e. The van der Waals surface area contributed by atoms with E-state index in [1.54, 1.807) is 60.7 Å². The summed E-state index contributed by atoms with van der Waals surface area (Å²) in [4.78, 5) is 19.9. The Morgan fingerprint density at radius 2 is 1.80 bits per heavy atom. The molecule has 1 saturated heterocycles. The van der Waals surface area contributed by atoms with Crippen LogP contribution in [0.15, 0.2) is 90.1 Å². The molecule has 1 amide bonds. The fourth-order valence-electron chi connectivity index (χ4n) is 4.99. The summed E-state index contributed by atoms with van der Waals surface area (Å²) in [5, 5.41) is 2.97. The van der Waals surface area contributed by atoms with Crippen LogP contribution >= 0.6 is 0 Å². The Labute approximate surface area is 260 Å². The number of anilines is 1. The maximum absolute atomic E-state index is 14.9. The number of aromatic nitrogens is 2. The highest BCUT2D eigenvalue weighted by Gasteiger charge is 2.28.